The van der Waals surface area contributed by atoms with Gasteiger partial charge < -0.3 is 4.90 Å². The molecule has 1 aliphatic heterocycles. The van der Waals surface area contributed by atoms with E-state index in [1.807, 2.05) is 18.3 Å². The lowest BCUT2D eigenvalue weighted by atomic mass is 9.95. The van der Waals surface area contributed by atoms with Crippen molar-refractivity contribution < 1.29 is 13.2 Å². The van der Waals surface area contributed by atoms with E-state index in [-0.39, 0.29) is 4.90 Å². The highest BCUT2D eigenvalue weighted by molar-refractivity contribution is 7.90. The van der Waals surface area contributed by atoms with Crippen LogP contribution < -0.4 is 9.62 Å². The Balaban J connectivity index is 1.37. The fourth-order valence-electron chi connectivity index (χ4n) is 5.17. The molecule has 0 radical (unpaired) electrons. The summed E-state index contributed by atoms with van der Waals surface area (Å²) in [4.78, 5) is 20.2. The maximum atomic E-state index is 13.1. The number of aromatic nitrogens is 1. The highest BCUT2D eigenvalue weighted by atomic mass is 32.2. The Labute approximate surface area is 201 Å². The van der Waals surface area contributed by atoms with Gasteiger partial charge in [0.2, 0.25) is 5.91 Å². The van der Waals surface area contributed by atoms with E-state index in [9.17, 15) is 13.2 Å². The van der Waals surface area contributed by atoms with Gasteiger partial charge in [0.05, 0.1) is 10.8 Å². The Morgan fingerprint density at radius 1 is 1.00 bits per heavy atom. The third-order valence-electron chi connectivity index (χ3n) is 6.94. The molecular weight excluding hydrogens is 446 g/mol. The number of sulfonamides is 1. The van der Waals surface area contributed by atoms with Crippen molar-refractivity contribution in [2.75, 3.05) is 18.0 Å². The minimum absolute atomic E-state index is 0.134. The average molecular weight is 476 g/mol. The summed E-state index contributed by atoms with van der Waals surface area (Å²) in [7, 11) is -3.92. The second-order valence-corrected chi connectivity index (χ2v) is 10.8. The monoisotopic (exact) mass is 475 g/mol. The van der Waals surface area contributed by atoms with Gasteiger partial charge in [-0.15, -0.1) is 0 Å². The zero-order chi connectivity index (χ0) is 23.7. The van der Waals surface area contributed by atoms with Crippen molar-refractivity contribution >= 4 is 21.7 Å². The Hall–Kier alpha value is -3.19. The molecule has 1 aliphatic carbocycles. The molecule has 1 N–H and O–H groups in total. The summed E-state index contributed by atoms with van der Waals surface area (Å²) in [6, 6.07) is 16.8. The van der Waals surface area contributed by atoms with Crippen LogP contribution in [0.1, 0.15) is 48.3 Å². The summed E-state index contributed by atoms with van der Waals surface area (Å²) in [6.07, 6.45) is 6.92. The van der Waals surface area contributed by atoms with Crippen molar-refractivity contribution in [2.24, 2.45) is 0 Å². The lowest BCUT2D eigenvalue weighted by Crippen LogP contribution is -2.34. The molecule has 1 atom stereocenters. The summed E-state index contributed by atoms with van der Waals surface area (Å²) in [6.45, 7) is 3.82. The fourth-order valence-corrected chi connectivity index (χ4v) is 6.44. The van der Waals surface area contributed by atoms with Crippen molar-refractivity contribution in [1.82, 2.24) is 9.71 Å². The first-order valence-electron chi connectivity index (χ1n) is 11.9. The molecule has 6 nitrogen and oxygen atoms in total. The number of piperidine rings is 1. The molecule has 5 rings (SSSR count). The molecule has 176 valence electrons. The van der Waals surface area contributed by atoms with Crippen molar-refractivity contribution in [3.05, 3.63) is 77.5 Å². The van der Waals surface area contributed by atoms with E-state index >= 15 is 0 Å². The Morgan fingerprint density at radius 3 is 2.53 bits per heavy atom. The van der Waals surface area contributed by atoms with Crippen LogP contribution in [0.4, 0.5) is 5.82 Å². The predicted molar refractivity (Wildman–Crippen MR) is 133 cm³/mol. The van der Waals surface area contributed by atoms with E-state index < -0.39 is 21.8 Å². The molecule has 0 bridgehead atoms. The van der Waals surface area contributed by atoms with Gasteiger partial charge in [0.15, 0.2) is 0 Å². The van der Waals surface area contributed by atoms with Crippen LogP contribution >= 0.6 is 0 Å². The standard InChI is InChI=1S/C27H29N3O3S/c1-19-8-3-4-11-25(19)34(32,33)29-27(31)24-14-13-23-21(9-7-10-22(23)24)20-12-15-26(28-18-20)30-16-5-2-6-17-30/h3-4,7-12,15,18,24H,2,5-6,13-14,16-17H2,1H3,(H,29,31). The second kappa shape index (κ2) is 9.22. The van der Waals surface area contributed by atoms with E-state index in [1.165, 1.54) is 25.3 Å². The molecule has 1 amide bonds. The van der Waals surface area contributed by atoms with Crippen LogP contribution in [0.3, 0.4) is 0 Å². The number of fused-ring (bicyclic) bond motifs is 1. The van der Waals surface area contributed by atoms with E-state index in [2.05, 4.69) is 27.8 Å². The molecule has 1 unspecified atom stereocenters. The van der Waals surface area contributed by atoms with Gasteiger partial charge in [0.1, 0.15) is 5.82 Å². The zero-order valence-corrected chi connectivity index (χ0v) is 20.1. The first-order valence-corrected chi connectivity index (χ1v) is 13.4. The number of nitrogens with one attached hydrogen (secondary N) is 1. The highest BCUT2D eigenvalue weighted by Gasteiger charge is 2.33. The molecule has 7 heteroatoms. The number of carbonyl (C=O) groups excluding carboxylic acids is 1. The van der Waals surface area contributed by atoms with Crippen molar-refractivity contribution in [1.29, 1.82) is 0 Å². The average Bonchev–Trinajstić information content (AvgIpc) is 3.29. The maximum absolute atomic E-state index is 13.1. The Kier molecular flexibility index (Phi) is 6.13. The number of amides is 1. The molecule has 34 heavy (non-hydrogen) atoms. The number of pyridine rings is 1. The summed E-state index contributed by atoms with van der Waals surface area (Å²) < 4.78 is 28.0. The number of anilines is 1. The largest absolute Gasteiger partial charge is 0.357 e. The number of hydrogen-bond acceptors (Lipinski definition) is 5. The highest BCUT2D eigenvalue weighted by Crippen LogP contribution is 2.39. The fraction of sp³-hybridized carbons (Fsp3) is 0.333. The van der Waals surface area contributed by atoms with Crippen molar-refractivity contribution in [3.8, 4) is 11.1 Å². The van der Waals surface area contributed by atoms with Crippen LogP contribution in [0.15, 0.2) is 65.7 Å². The predicted octanol–water partition coefficient (Wildman–Crippen LogP) is 4.58. The molecule has 1 saturated heterocycles. The molecule has 1 fully saturated rings. The topological polar surface area (TPSA) is 79.4 Å². The van der Waals surface area contributed by atoms with Crippen LogP contribution in [0, 0.1) is 6.92 Å². The van der Waals surface area contributed by atoms with Gasteiger partial charge in [-0.1, -0.05) is 36.4 Å². The number of carbonyl (C=O) groups is 1. The van der Waals surface area contributed by atoms with Crippen LogP contribution in [-0.2, 0) is 21.2 Å². The molecule has 2 aromatic carbocycles. The first kappa shape index (κ1) is 22.6. The van der Waals surface area contributed by atoms with E-state index in [0.29, 0.717) is 12.0 Å². The Bertz CT molecular complexity index is 1310. The first-order chi connectivity index (χ1) is 16.4. The van der Waals surface area contributed by atoms with Gasteiger partial charge in [0, 0.05) is 24.8 Å². The van der Waals surface area contributed by atoms with Crippen LogP contribution in [0.25, 0.3) is 11.1 Å². The van der Waals surface area contributed by atoms with E-state index in [4.69, 9.17) is 4.98 Å². The molecule has 2 aliphatic rings. The molecule has 1 aromatic heterocycles. The summed E-state index contributed by atoms with van der Waals surface area (Å²) >= 11 is 0. The van der Waals surface area contributed by atoms with Crippen LogP contribution in [0.2, 0.25) is 0 Å². The zero-order valence-electron chi connectivity index (χ0n) is 19.3. The van der Waals surface area contributed by atoms with E-state index in [0.717, 1.165) is 47.6 Å². The van der Waals surface area contributed by atoms with Gasteiger partial charge in [-0.3, -0.25) is 4.79 Å². The third kappa shape index (κ3) is 4.32. The van der Waals surface area contributed by atoms with Crippen molar-refractivity contribution in [2.45, 2.75) is 49.8 Å². The number of benzene rings is 2. The molecule has 0 saturated carbocycles. The number of rotatable bonds is 5. The Morgan fingerprint density at radius 2 is 1.79 bits per heavy atom. The van der Waals surface area contributed by atoms with E-state index in [1.54, 1.807) is 25.1 Å². The van der Waals surface area contributed by atoms with Gasteiger partial charge >= 0.3 is 0 Å². The molecule has 2 heterocycles. The van der Waals surface area contributed by atoms with Crippen LogP contribution in [0.5, 0.6) is 0 Å². The van der Waals surface area contributed by atoms with Gasteiger partial charge in [-0.2, -0.15) is 0 Å². The minimum Gasteiger partial charge on any atom is -0.357 e. The van der Waals surface area contributed by atoms with Gasteiger partial charge in [0.25, 0.3) is 10.0 Å². The SMILES string of the molecule is Cc1ccccc1S(=O)(=O)NC(=O)C1CCc2c(-c3ccc(N4CCCCC4)nc3)cccc21. The molecular formula is C27H29N3O3S. The quantitative estimate of drug-likeness (QED) is 0.584. The second-order valence-electron chi connectivity index (χ2n) is 9.15. The van der Waals surface area contributed by atoms with Crippen molar-refractivity contribution in [3.63, 3.8) is 0 Å². The van der Waals surface area contributed by atoms with Crippen LogP contribution in [-0.4, -0.2) is 32.4 Å². The number of nitrogens with zero attached hydrogens (tertiary/aromatic N) is 2. The minimum atomic E-state index is -3.92. The smallest absolute Gasteiger partial charge is 0.264 e. The lowest BCUT2D eigenvalue weighted by Gasteiger charge is -2.27. The molecule has 0 spiro atoms. The summed E-state index contributed by atoms with van der Waals surface area (Å²) in [5.74, 6) is 0.0433. The lowest BCUT2D eigenvalue weighted by molar-refractivity contribution is -0.120. The summed E-state index contributed by atoms with van der Waals surface area (Å²) in [5, 5.41) is 0. The van der Waals surface area contributed by atoms with Gasteiger partial charge in [-0.25, -0.2) is 18.1 Å². The molecule has 3 aromatic rings. The third-order valence-corrected chi connectivity index (χ3v) is 8.45. The normalized spacial score (nSPS) is 17.9. The summed E-state index contributed by atoms with van der Waals surface area (Å²) in [5.41, 5.74) is 4.69. The maximum Gasteiger partial charge on any atom is 0.264 e. The van der Waals surface area contributed by atoms with Gasteiger partial charge in [-0.05, 0) is 79.5 Å². The number of hydrogen-bond donors (Lipinski definition) is 1. The number of aryl methyl sites for hydroxylation is 1.